The Morgan fingerprint density at radius 2 is 1.95 bits per heavy atom. The quantitative estimate of drug-likeness (QED) is 0.918. The van der Waals surface area contributed by atoms with E-state index in [0.29, 0.717) is 22.9 Å². The summed E-state index contributed by atoms with van der Waals surface area (Å²) < 4.78 is 24.1. The van der Waals surface area contributed by atoms with Crippen LogP contribution in [0.1, 0.15) is 11.1 Å². The largest absolute Gasteiger partial charge is 0.494 e. The molecule has 0 amide bonds. The van der Waals surface area contributed by atoms with Crippen LogP contribution in [0.3, 0.4) is 0 Å². The van der Waals surface area contributed by atoms with Gasteiger partial charge in [-0.3, -0.25) is 0 Å². The molecule has 2 rings (SSSR count). The van der Waals surface area contributed by atoms with Crippen LogP contribution < -0.4 is 15.2 Å². The van der Waals surface area contributed by atoms with Crippen molar-refractivity contribution in [1.29, 1.82) is 0 Å². The van der Waals surface area contributed by atoms with Crippen LogP contribution in [0, 0.1) is 5.82 Å². The SMILES string of the molecule is COc1ccc(COc2cc(Cl)ccc2CN)cc1F. The summed E-state index contributed by atoms with van der Waals surface area (Å²) in [5, 5.41) is 0.568. The smallest absolute Gasteiger partial charge is 0.165 e. The first kappa shape index (κ1) is 14.6. The molecule has 0 saturated heterocycles. The highest BCUT2D eigenvalue weighted by Crippen LogP contribution is 2.25. The minimum absolute atomic E-state index is 0.208. The molecular weight excluding hydrogens is 281 g/mol. The van der Waals surface area contributed by atoms with Crippen LogP contribution in [0.5, 0.6) is 11.5 Å². The predicted octanol–water partition coefficient (Wildman–Crippen LogP) is 3.53. The molecule has 0 aromatic heterocycles. The Morgan fingerprint density at radius 3 is 2.60 bits per heavy atom. The zero-order valence-electron chi connectivity index (χ0n) is 11.0. The molecule has 0 aliphatic carbocycles. The van der Waals surface area contributed by atoms with Crippen LogP contribution in [0.4, 0.5) is 4.39 Å². The van der Waals surface area contributed by atoms with Crippen molar-refractivity contribution in [2.24, 2.45) is 5.73 Å². The Bertz CT molecular complexity index is 604. The molecule has 5 heteroatoms. The number of methoxy groups -OCH3 is 1. The highest BCUT2D eigenvalue weighted by Gasteiger charge is 2.06. The van der Waals surface area contributed by atoms with Crippen molar-refractivity contribution in [2.75, 3.05) is 7.11 Å². The van der Waals surface area contributed by atoms with Crippen LogP contribution >= 0.6 is 11.6 Å². The van der Waals surface area contributed by atoms with Crippen LogP contribution in [-0.4, -0.2) is 7.11 Å². The second-order valence-corrected chi connectivity index (χ2v) is 4.65. The van der Waals surface area contributed by atoms with Gasteiger partial charge in [-0.15, -0.1) is 0 Å². The molecule has 0 atom stereocenters. The number of hydrogen-bond donors (Lipinski definition) is 1. The fourth-order valence-electron chi connectivity index (χ4n) is 1.79. The van der Waals surface area contributed by atoms with Gasteiger partial charge >= 0.3 is 0 Å². The molecule has 0 radical (unpaired) electrons. The molecule has 106 valence electrons. The van der Waals surface area contributed by atoms with Gasteiger partial charge in [0.05, 0.1) is 7.11 Å². The van der Waals surface area contributed by atoms with Crippen molar-refractivity contribution >= 4 is 11.6 Å². The van der Waals surface area contributed by atoms with Gasteiger partial charge in [0.2, 0.25) is 0 Å². The number of halogens is 2. The molecule has 20 heavy (non-hydrogen) atoms. The zero-order chi connectivity index (χ0) is 14.5. The van der Waals surface area contributed by atoms with Gasteiger partial charge < -0.3 is 15.2 Å². The van der Waals surface area contributed by atoms with Crippen molar-refractivity contribution < 1.29 is 13.9 Å². The molecule has 0 saturated carbocycles. The molecule has 0 fully saturated rings. The highest BCUT2D eigenvalue weighted by atomic mass is 35.5. The Balaban J connectivity index is 2.12. The average Bonchev–Trinajstić information content (AvgIpc) is 2.45. The van der Waals surface area contributed by atoms with Crippen molar-refractivity contribution in [1.82, 2.24) is 0 Å². The van der Waals surface area contributed by atoms with E-state index < -0.39 is 5.82 Å². The van der Waals surface area contributed by atoms with E-state index in [-0.39, 0.29) is 12.4 Å². The first-order valence-corrected chi connectivity index (χ1v) is 6.45. The lowest BCUT2D eigenvalue weighted by Gasteiger charge is -2.11. The van der Waals surface area contributed by atoms with Crippen molar-refractivity contribution in [3.05, 3.63) is 58.4 Å². The van der Waals surface area contributed by atoms with Crippen molar-refractivity contribution in [3.63, 3.8) is 0 Å². The van der Waals surface area contributed by atoms with E-state index in [4.69, 9.17) is 26.8 Å². The summed E-state index contributed by atoms with van der Waals surface area (Å²) in [6.45, 7) is 0.581. The summed E-state index contributed by atoms with van der Waals surface area (Å²) in [5.41, 5.74) is 7.18. The summed E-state index contributed by atoms with van der Waals surface area (Å²) in [6, 6.07) is 9.95. The standard InChI is InChI=1S/C15H15ClFNO2/c1-19-14-5-2-10(6-13(14)17)9-20-15-7-12(16)4-3-11(15)8-18/h2-7H,8-9,18H2,1H3. The zero-order valence-corrected chi connectivity index (χ0v) is 11.8. The molecule has 2 N–H and O–H groups in total. The van der Waals surface area contributed by atoms with E-state index in [1.165, 1.54) is 13.2 Å². The van der Waals surface area contributed by atoms with Crippen LogP contribution in [0.15, 0.2) is 36.4 Å². The fraction of sp³-hybridized carbons (Fsp3) is 0.200. The summed E-state index contributed by atoms with van der Waals surface area (Å²) in [7, 11) is 1.42. The second kappa shape index (κ2) is 6.59. The molecular formula is C15H15ClFNO2. The molecule has 0 aliphatic heterocycles. The van der Waals surface area contributed by atoms with Crippen LogP contribution in [-0.2, 0) is 13.2 Å². The minimum Gasteiger partial charge on any atom is -0.494 e. The van der Waals surface area contributed by atoms with Crippen molar-refractivity contribution in [2.45, 2.75) is 13.2 Å². The maximum absolute atomic E-state index is 13.6. The number of nitrogens with two attached hydrogens (primary N) is 1. The van der Waals surface area contributed by atoms with E-state index in [9.17, 15) is 4.39 Å². The lowest BCUT2D eigenvalue weighted by molar-refractivity contribution is 0.301. The lowest BCUT2D eigenvalue weighted by atomic mass is 10.2. The van der Waals surface area contributed by atoms with E-state index in [0.717, 1.165) is 5.56 Å². The predicted molar refractivity (Wildman–Crippen MR) is 76.6 cm³/mol. The Kier molecular flexibility index (Phi) is 4.82. The highest BCUT2D eigenvalue weighted by molar-refractivity contribution is 6.30. The van der Waals surface area contributed by atoms with Gasteiger partial charge in [-0.05, 0) is 29.8 Å². The van der Waals surface area contributed by atoms with Crippen LogP contribution in [0.25, 0.3) is 0 Å². The van der Waals surface area contributed by atoms with Gasteiger partial charge in [0.15, 0.2) is 11.6 Å². The third-order valence-corrected chi connectivity index (χ3v) is 3.09. The van der Waals surface area contributed by atoms with E-state index in [2.05, 4.69) is 0 Å². The minimum atomic E-state index is -0.418. The van der Waals surface area contributed by atoms with E-state index in [1.54, 1.807) is 24.3 Å². The van der Waals surface area contributed by atoms with Gasteiger partial charge in [-0.1, -0.05) is 23.7 Å². The molecule has 0 spiro atoms. The molecule has 3 nitrogen and oxygen atoms in total. The number of rotatable bonds is 5. The Hall–Kier alpha value is -1.78. The van der Waals surface area contributed by atoms with Gasteiger partial charge in [0.25, 0.3) is 0 Å². The first-order valence-electron chi connectivity index (χ1n) is 6.07. The molecule has 0 aliphatic rings. The first-order chi connectivity index (χ1) is 9.63. The monoisotopic (exact) mass is 295 g/mol. The normalized spacial score (nSPS) is 10.4. The molecule has 0 bridgehead atoms. The molecule has 0 heterocycles. The Morgan fingerprint density at radius 1 is 1.15 bits per heavy atom. The molecule has 2 aromatic carbocycles. The van der Waals surface area contributed by atoms with E-state index in [1.807, 2.05) is 6.07 Å². The van der Waals surface area contributed by atoms with Gasteiger partial charge in [-0.2, -0.15) is 0 Å². The number of hydrogen-bond acceptors (Lipinski definition) is 3. The summed E-state index contributed by atoms with van der Waals surface area (Å²) in [4.78, 5) is 0. The number of ether oxygens (including phenoxy) is 2. The molecule has 2 aromatic rings. The third-order valence-electron chi connectivity index (χ3n) is 2.86. The third kappa shape index (κ3) is 3.40. The summed E-state index contributed by atoms with van der Waals surface area (Å²) in [6.07, 6.45) is 0. The summed E-state index contributed by atoms with van der Waals surface area (Å²) >= 11 is 5.92. The van der Waals surface area contributed by atoms with Gasteiger partial charge in [0.1, 0.15) is 12.4 Å². The Labute approximate surface area is 122 Å². The van der Waals surface area contributed by atoms with E-state index >= 15 is 0 Å². The second-order valence-electron chi connectivity index (χ2n) is 4.21. The maximum atomic E-state index is 13.6. The lowest BCUT2D eigenvalue weighted by Crippen LogP contribution is -2.03. The van der Waals surface area contributed by atoms with Gasteiger partial charge in [-0.25, -0.2) is 4.39 Å². The summed E-state index contributed by atoms with van der Waals surface area (Å²) in [5.74, 6) is 0.397. The molecule has 0 unspecified atom stereocenters. The van der Waals surface area contributed by atoms with Crippen molar-refractivity contribution in [3.8, 4) is 11.5 Å². The van der Waals surface area contributed by atoms with Gasteiger partial charge in [0, 0.05) is 17.1 Å². The average molecular weight is 296 g/mol. The maximum Gasteiger partial charge on any atom is 0.165 e. The van der Waals surface area contributed by atoms with Crippen LogP contribution in [0.2, 0.25) is 5.02 Å². The number of benzene rings is 2. The fourth-order valence-corrected chi connectivity index (χ4v) is 1.95. The topological polar surface area (TPSA) is 44.5 Å².